The molecule has 2 heterocycles. The zero-order chi connectivity index (χ0) is 25.5. The third-order valence-electron chi connectivity index (χ3n) is 4.06. The van der Waals surface area contributed by atoms with Crippen LogP contribution < -0.4 is 15.1 Å². The molecule has 0 aromatic carbocycles. The number of nitrogens with one attached hydrogen (secondary N) is 1. The number of carbonyl (C=O) groups excluding carboxylic acids is 2. The average molecular weight is 507 g/mol. The van der Waals surface area contributed by atoms with Gasteiger partial charge in [0.25, 0.3) is 5.91 Å². The first-order chi connectivity index (χ1) is 16.0. The lowest BCUT2D eigenvalue weighted by molar-refractivity contribution is -0.154. The molecule has 0 bridgehead atoms. The lowest BCUT2D eigenvalue weighted by atomic mass is 10.2. The molecular weight excluding hydrogens is 488 g/mol. The van der Waals surface area contributed by atoms with Gasteiger partial charge in [-0.25, -0.2) is 14.4 Å². The molecule has 0 spiro atoms. The van der Waals surface area contributed by atoms with Crippen LogP contribution in [-0.2, 0) is 4.79 Å². The summed E-state index contributed by atoms with van der Waals surface area (Å²) in [6, 6.07) is 3.41. The minimum absolute atomic E-state index is 0.0169. The van der Waals surface area contributed by atoms with Gasteiger partial charge in [0.2, 0.25) is 12.3 Å². The van der Waals surface area contributed by atoms with Crippen LogP contribution in [0.3, 0.4) is 0 Å². The largest absolute Gasteiger partial charge is 0.467 e. The number of halogens is 5. The lowest BCUT2D eigenvalue weighted by Gasteiger charge is -2.21. The van der Waals surface area contributed by atoms with E-state index in [2.05, 4.69) is 25.1 Å². The fourth-order valence-corrected chi connectivity index (χ4v) is 2.67. The summed E-state index contributed by atoms with van der Waals surface area (Å²) in [5.41, 5.74) is -0.642. The molecule has 0 aliphatic carbocycles. The first kappa shape index (κ1) is 26.7. The SMILES string of the molecule is CCN(C=O)/C(CO)=N\N(C)c1nc(OCC(F)(F)F)c(C(=O)Nc2cccnc2Cl)cc1F. The highest BCUT2D eigenvalue weighted by Crippen LogP contribution is 2.28. The van der Waals surface area contributed by atoms with Crippen molar-refractivity contribution in [3.05, 3.63) is 40.9 Å². The van der Waals surface area contributed by atoms with Crippen molar-refractivity contribution in [2.75, 3.05) is 37.1 Å². The van der Waals surface area contributed by atoms with Crippen LogP contribution in [0.4, 0.5) is 29.1 Å². The van der Waals surface area contributed by atoms with Crippen LogP contribution in [0.5, 0.6) is 5.88 Å². The van der Waals surface area contributed by atoms with Crippen LogP contribution in [0.1, 0.15) is 17.3 Å². The van der Waals surface area contributed by atoms with Gasteiger partial charge >= 0.3 is 6.18 Å². The van der Waals surface area contributed by atoms with Crippen LogP contribution in [0.15, 0.2) is 29.5 Å². The molecule has 2 rings (SSSR count). The van der Waals surface area contributed by atoms with E-state index in [-0.39, 0.29) is 23.2 Å². The predicted octanol–water partition coefficient (Wildman–Crippen LogP) is 2.68. The van der Waals surface area contributed by atoms with Crippen molar-refractivity contribution in [2.45, 2.75) is 13.1 Å². The summed E-state index contributed by atoms with van der Waals surface area (Å²) in [5.74, 6) is -3.89. The molecule has 0 aliphatic rings. The molecule has 0 aliphatic heterocycles. The van der Waals surface area contributed by atoms with Gasteiger partial charge in [-0.2, -0.15) is 23.3 Å². The van der Waals surface area contributed by atoms with Crippen molar-refractivity contribution in [3.63, 3.8) is 0 Å². The van der Waals surface area contributed by atoms with Crippen LogP contribution in [-0.4, -0.2) is 71.1 Å². The number of alkyl halides is 3. The summed E-state index contributed by atoms with van der Waals surface area (Å²) < 4.78 is 57.7. The van der Waals surface area contributed by atoms with E-state index in [4.69, 9.17) is 11.6 Å². The van der Waals surface area contributed by atoms with Crippen molar-refractivity contribution >= 4 is 41.3 Å². The maximum atomic E-state index is 14.8. The van der Waals surface area contributed by atoms with Gasteiger partial charge in [-0.05, 0) is 25.1 Å². The van der Waals surface area contributed by atoms with Gasteiger partial charge < -0.3 is 15.2 Å². The van der Waals surface area contributed by atoms with E-state index >= 15 is 0 Å². The Hall–Kier alpha value is -3.52. The number of rotatable bonds is 9. The zero-order valence-corrected chi connectivity index (χ0v) is 18.6. The number of aromatic nitrogens is 2. The van der Waals surface area contributed by atoms with E-state index in [1.54, 1.807) is 6.92 Å². The van der Waals surface area contributed by atoms with E-state index in [9.17, 15) is 32.3 Å². The van der Waals surface area contributed by atoms with E-state index in [1.807, 2.05) is 0 Å². The number of amides is 2. The van der Waals surface area contributed by atoms with E-state index in [0.717, 1.165) is 9.91 Å². The maximum absolute atomic E-state index is 14.8. The predicted molar refractivity (Wildman–Crippen MR) is 114 cm³/mol. The molecule has 2 amide bonds. The molecule has 0 saturated carbocycles. The normalized spacial score (nSPS) is 11.7. The Labute approximate surface area is 195 Å². The molecule has 2 aromatic rings. The number of pyridine rings is 2. The molecule has 0 saturated heterocycles. The van der Waals surface area contributed by atoms with Gasteiger partial charge in [0.05, 0.1) is 5.69 Å². The summed E-state index contributed by atoms with van der Waals surface area (Å²) >= 11 is 5.86. The first-order valence-electron chi connectivity index (χ1n) is 9.46. The van der Waals surface area contributed by atoms with Crippen molar-refractivity contribution in [2.24, 2.45) is 5.10 Å². The number of anilines is 2. The smallest absolute Gasteiger partial charge is 0.422 e. The number of ether oxygens (including phenoxy) is 1. The topological polar surface area (TPSA) is 120 Å². The van der Waals surface area contributed by atoms with Crippen LogP contribution in [0.2, 0.25) is 5.15 Å². The van der Waals surface area contributed by atoms with Crippen molar-refractivity contribution in [1.29, 1.82) is 0 Å². The van der Waals surface area contributed by atoms with Crippen LogP contribution >= 0.6 is 11.6 Å². The minimum Gasteiger partial charge on any atom is -0.467 e. The molecule has 34 heavy (non-hydrogen) atoms. The second kappa shape index (κ2) is 11.6. The number of aliphatic hydroxyl groups is 1. The van der Waals surface area contributed by atoms with Gasteiger partial charge in [0, 0.05) is 19.8 Å². The molecule has 0 unspecified atom stereocenters. The molecule has 184 valence electrons. The third-order valence-corrected chi connectivity index (χ3v) is 4.36. The first-order valence-corrected chi connectivity index (χ1v) is 9.84. The van der Waals surface area contributed by atoms with E-state index < -0.39 is 48.4 Å². The number of amidine groups is 1. The third kappa shape index (κ3) is 6.99. The summed E-state index contributed by atoms with van der Waals surface area (Å²) in [7, 11) is 1.17. The van der Waals surface area contributed by atoms with Gasteiger partial charge in [0.1, 0.15) is 12.2 Å². The number of nitrogens with zero attached hydrogens (tertiary/aromatic N) is 5. The highest BCUT2D eigenvalue weighted by atomic mass is 35.5. The second-order valence-corrected chi connectivity index (χ2v) is 6.79. The number of carbonyl (C=O) groups is 2. The molecule has 10 nitrogen and oxygen atoms in total. The second-order valence-electron chi connectivity index (χ2n) is 6.44. The monoisotopic (exact) mass is 506 g/mol. The van der Waals surface area contributed by atoms with Crippen LogP contribution in [0, 0.1) is 5.82 Å². The Kier molecular flexibility index (Phi) is 9.09. The summed E-state index contributed by atoms with van der Waals surface area (Å²) in [6.07, 6.45) is -3.06. The van der Waals surface area contributed by atoms with E-state index in [1.165, 1.54) is 25.4 Å². The summed E-state index contributed by atoms with van der Waals surface area (Å²) in [5, 5.41) is 16.3. The molecule has 15 heteroatoms. The minimum atomic E-state index is -4.78. The highest BCUT2D eigenvalue weighted by molar-refractivity contribution is 6.32. The number of hydrazone groups is 1. The Morgan fingerprint density at radius 1 is 1.41 bits per heavy atom. The highest BCUT2D eigenvalue weighted by Gasteiger charge is 2.31. The van der Waals surface area contributed by atoms with Crippen molar-refractivity contribution in [1.82, 2.24) is 14.9 Å². The van der Waals surface area contributed by atoms with E-state index in [0.29, 0.717) is 12.5 Å². The fourth-order valence-electron chi connectivity index (χ4n) is 2.50. The number of hydrogen-bond acceptors (Lipinski definition) is 8. The maximum Gasteiger partial charge on any atom is 0.422 e. The number of aliphatic hydroxyl groups excluding tert-OH is 1. The van der Waals surface area contributed by atoms with Gasteiger partial charge in [0.15, 0.2) is 29.2 Å². The van der Waals surface area contributed by atoms with Crippen LogP contribution in [0.25, 0.3) is 0 Å². The standard InChI is InChI=1S/C19H19ClF4N6O4/c1-3-30(10-32)14(8-31)28-29(2)16-12(21)7-11(18(27-16)34-9-19(22,23)24)17(33)26-13-5-4-6-25-15(13)20/h4-7,10,31H,3,8-9H2,1-2H3,(H,26,33)/b28-14-. The molecule has 2 N–H and O–H groups in total. The fraction of sp³-hybridized carbons (Fsp3) is 0.316. The quantitative estimate of drug-likeness (QED) is 0.134. The molecule has 0 radical (unpaired) electrons. The summed E-state index contributed by atoms with van der Waals surface area (Å²) in [6.45, 7) is -0.809. The number of hydrogen-bond donors (Lipinski definition) is 2. The molecule has 2 aromatic heterocycles. The van der Waals surface area contributed by atoms with Crippen molar-refractivity contribution in [3.8, 4) is 5.88 Å². The lowest BCUT2D eigenvalue weighted by Crippen LogP contribution is -2.34. The average Bonchev–Trinajstić information content (AvgIpc) is 2.78. The van der Waals surface area contributed by atoms with Gasteiger partial charge in [-0.1, -0.05) is 11.6 Å². The summed E-state index contributed by atoms with van der Waals surface area (Å²) in [4.78, 5) is 32.2. The van der Waals surface area contributed by atoms with Gasteiger partial charge in [-0.3, -0.25) is 14.5 Å². The Morgan fingerprint density at radius 3 is 2.68 bits per heavy atom. The number of likely N-dealkylation sites (N-methyl/N-ethyl adjacent to an activating group) is 1. The van der Waals surface area contributed by atoms with Crippen molar-refractivity contribution < 1.29 is 37.0 Å². The zero-order valence-electron chi connectivity index (χ0n) is 17.8. The molecule has 0 fully saturated rings. The molecule has 0 atom stereocenters. The van der Waals surface area contributed by atoms with Gasteiger partial charge in [-0.15, -0.1) is 0 Å². The Balaban J connectivity index is 2.49. The molecular formula is C19H19ClF4N6O4. The Morgan fingerprint density at radius 2 is 2.12 bits per heavy atom. The Bertz CT molecular complexity index is 1070.